The minimum absolute atomic E-state index is 0.00431. The van der Waals surface area contributed by atoms with Gasteiger partial charge in [0, 0.05) is 5.56 Å². The van der Waals surface area contributed by atoms with Gasteiger partial charge in [-0.15, -0.1) is 0 Å². The van der Waals surface area contributed by atoms with Gasteiger partial charge in [0.15, 0.2) is 5.78 Å². The summed E-state index contributed by atoms with van der Waals surface area (Å²) >= 11 is 0. The second kappa shape index (κ2) is 4.86. The molecular weight excluding hydrogens is 274 g/mol. The summed E-state index contributed by atoms with van der Waals surface area (Å²) in [6.45, 7) is 2.12. The fourth-order valence-corrected chi connectivity index (χ4v) is 1.73. The van der Waals surface area contributed by atoms with Crippen LogP contribution in [0.25, 0.3) is 0 Å². The van der Waals surface area contributed by atoms with Crippen LogP contribution in [0, 0.1) is 0 Å². The van der Waals surface area contributed by atoms with E-state index in [0.717, 1.165) is 0 Å². The molecule has 0 spiro atoms. The molecule has 7 heteroatoms. The van der Waals surface area contributed by atoms with E-state index in [0.29, 0.717) is 19.1 Å². The first kappa shape index (κ1) is 15.5. The topological polar surface area (TPSA) is 17.1 Å². The minimum atomic E-state index is -5.01. The molecule has 0 N–H and O–H groups in total. The van der Waals surface area contributed by atoms with Gasteiger partial charge in [-0.2, -0.15) is 26.3 Å². The zero-order chi connectivity index (χ0) is 15.0. The van der Waals surface area contributed by atoms with Crippen LogP contribution in [0.4, 0.5) is 26.3 Å². The van der Waals surface area contributed by atoms with Gasteiger partial charge in [-0.3, -0.25) is 4.79 Å². The van der Waals surface area contributed by atoms with E-state index >= 15 is 0 Å². The number of ketones is 1. The van der Waals surface area contributed by atoms with E-state index in [2.05, 4.69) is 0 Å². The molecule has 0 saturated carbocycles. The van der Waals surface area contributed by atoms with Crippen LogP contribution in [-0.2, 0) is 18.8 Å². The monoisotopic (exact) mass is 284 g/mol. The summed E-state index contributed by atoms with van der Waals surface area (Å²) in [7, 11) is 0. The van der Waals surface area contributed by atoms with Crippen LogP contribution < -0.4 is 0 Å². The molecule has 1 aromatic carbocycles. The number of rotatable bonds is 2. The van der Waals surface area contributed by atoms with Crippen molar-refractivity contribution in [2.24, 2.45) is 0 Å². The van der Waals surface area contributed by atoms with Crippen LogP contribution in [0.1, 0.15) is 40.9 Å². The number of hydrogen-bond acceptors (Lipinski definition) is 1. The number of benzene rings is 1. The van der Waals surface area contributed by atoms with E-state index in [4.69, 9.17) is 0 Å². The van der Waals surface area contributed by atoms with E-state index in [-0.39, 0.29) is 12.0 Å². The molecular formula is C12H10F6O. The molecule has 0 saturated heterocycles. The van der Waals surface area contributed by atoms with Crippen molar-refractivity contribution in [1.29, 1.82) is 0 Å². The van der Waals surface area contributed by atoms with E-state index in [1.807, 2.05) is 0 Å². The van der Waals surface area contributed by atoms with Gasteiger partial charge in [-0.25, -0.2) is 0 Å². The van der Waals surface area contributed by atoms with E-state index < -0.39 is 34.8 Å². The van der Waals surface area contributed by atoms with Crippen molar-refractivity contribution in [2.45, 2.75) is 32.6 Å². The van der Waals surface area contributed by atoms with Crippen LogP contribution in [0.5, 0.6) is 0 Å². The standard InChI is InChI=1S/C12H10F6O/c1-3-7-4-8(11(13,14)15)10(6(2)19)9(5-7)12(16,17)18/h4-5H,3H2,1-2H3. The summed E-state index contributed by atoms with van der Waals surface area (Å²) in [5, 5.41) is 0. The summed E-state index contributed by atoms with van der Waals surface area (Å²) in [4.78, 5) is 11.2. The minimum Gasteiger partial charge on any atom is -0.294 e. The highest BCUT2D eigenvalue weighted by Gasteiger charge is 2.42. The summed E-state index contributed by atoms with van der Waals surface area (Å²) in [6, 6.07) is 1.18. The largest absolute Gasteiger partial charge is 0.417 e. The molecule has 0 atom stereocenters. The lowest BCUT2D eigenvalue weighted by Crippen LogP contribution is -2.19. The Morgan fingerprint density at radius 1 is 1.00 bits per heavy atom. The van der Waals surface area contributed by atoms with Gasteiger partial charge in [0.05, 0.1) is 11.1 Å². The molecule has 0 amide bonds. The highest BCUT2D eigenvalue weighted by Crippen LogP contribution is 2.40. The predicted molar refractivity (Wildman–Crippen MR) is 55.8 cm³/mol. The van der Waals surface area contributed by atoms with Gasteiger partial charge >= 0.3 is 12.4 Å². The first-order chi connectivity index (χ1) is 8.48. The molecule has 0 aliphatic heterocycles. The van der Waals surface area contributed by atoms with Crippen LogP contribution in [0.3, 0.4) is 0 Å². The molecule has 0 aliphatic carbocycles. The molecule has 0 aliphatic rings. The van der Waals surface area contributed by atoms with Gasteiger partial charge in [0.2, 0.25) is 0 Å². The van der Waals surface area contributed by atoms with Crippen molar-refractivity contribution in [3.63, 3.8) is 0 Å². The van der Waals surface area contributed by atoms with Crippen molar-refractivity contribution in [3.8, 4) is 0 Å². The Bertz CT molecular complexity index is 463. The third kappa shape index (κ3) is 3.27. The summed E-state index contributed by atoms with van der Waals surface area (Å²) in [6.07, 6.45) is -10.0. The number of halogens is 6. The fourth-order valence-electron chi connectivity index (χ4n) is 1.73. The quantitative estimate of drug-likeness (QED) is 0.577. The first-order valence-electron chi connectivity index (χ1n) is 5.30. The normalized spacial score (nSPS) is 12.6. The molecule has 19 heavy (non-hydrogen) atoms. The molecule has 0 fully saturated rings. The third-order valence-corrected chi connectivity index (χ3v) is 2.57. The lowest BCUT2D eigenvalue weighted by atomic mass is 9.93. The lowest BCUT2D eigenvalue weighted by Gasteiger charge is -2.18. The number of hydrogen-bond donors (Lipinski definition) is 0. The maximum absolute atomic E-state index is 12.8. The summed E-state index contributed by atoms with van der Waals surface area (Å²) < 4.78 is 76.6. The summed E-state index contributed by atoms with van der Waals surface area (Å²) in [5.41, 5.74) is -4.51. The van der Waals surface area contributed by atoms with Crippen molar-refractivity contribution in [2.75, 3.05) is 0 Å². The average Bonchev–Trinajstić information content (AvgIpc) is 2.24. The van der Waals surface area contributed by atoms with Gasteiger partial charge in [0.1, 0.15) is 0 Å². The summed E-state index contributed by atoms with van der Waals surface area (Å²) in [5.74, 6) is -1.26. The van der Waals surface area contributed by atoms with Crippen LogP contribution in [-0.4, -0.2) is 5.78 Å². The lowest BCUT2D eigenvalue weighted by molar-refractivity contribution is -0.143. The Morgan fingerprint density at radius 2 is 1.37 bits per heavy atom. The Kier molecular flexibility index (Phi) is 3.97. The highest BCUT2D eigenvalue weighted by atomic mass is 19.4. The van der Waals surface area contributed by atoms with Crippen molar-refractivity contribution < 1.29 is 31.1 Å². The maximum Gasteiger partial charge on any atom is 0.417 e. The molecule has 0 radical (unpaired) electrons. The number of carbonyl (C=O) groups is 1. The fraction of sp³-hybridized carbons (Fsp3) is 0.417. The Hall–Kier alpha value is -1.53. The Morgan fingerprint density at radius 3 is 1.58 bits per heavy atom. The molecule has 1 nitrogen and oxygen atoms in total. The third-order valence-electron chi connectivity index (χ3n) is 2.57. The van der Waals surface area contributed by atoms with Gasteiger partial charge < -0.3 is 0 Å². The predicted octanol–water partition coefficient (Wildman–Crippen LogP) is 4.49. The zero-order valence-electron chi connectivity index (χ0n) is 10.0. The van der Waals surface area contributed by atoms with E-state index in [9.17, 15) is 31.1 Å². The van der Waals surface area contributed by atoms with Crippen LogP contribution in [0.15, 0.2) is 12.1 Å². The second-order valence-electron chi connectivity index (χ2n) is 3.97. The van der Waals surface area contributed by atoms with Gasteiger partial charge in [-0.05, 0) is 31.0 Å². The Labute approximate surface area is 105 Å². The average molecular weight is 284 g/mol. The number of Topliss-reactive ketones (excluding diaryl/α,β-unsaturated/α-hetero) is 1. The molecule has 1 aromatic rings. The zero-order valence-corrected chi connectivity index (χ0v) is 10.0. The molecule has 0 bridgehead atoms. The Balaban J connectivity index is 3.76. The van der Waals surface area contributed by atoms with E-state index in [1.165, 1.54) is 6.92 Å². The van der Waals surface area contributed by atoms with Crippen LogP contribution >= 0.6 is 0 Å². The van der Waals surface area contributed by atoms with Crippen LogP contribution in [0.2, 0.25) is 0 Å². The SMILES string of the molecule is CCc1cc(C(F)(F)F)c(C(C)=O)c(C(F)(F)F)c1. The molecule has 106 valence electrons. The maximum atomic E-state index is 12.8. The van der Waals surface area contributed by atoms with Crippen molar-refractivity contribution >= 4 is 5.78 Å². The van der Waals surface area contributed by atoms with Crippen molar-refractivity contribution in [3.05, 3.63) is 34.4 Å². The van der Waals surface area contributed by atoms with Gasteiger partial charge in [-0.1, -0.05) is 6.92 Å². The van der Waals surface area contributed by atoms with E-state index in [1.54, 1.807) is 0 Å². The molecule has 0 unspecified atom stereocenters. The molecule has 0 heterocycles. The second-order valence-corrected chi connectivity index (χ2v) is 3.97. The molecule has 1 rings (SSSR count). The van der Waals surface area contributed by atoms with Crippen molar-refractivity contribution in [1.82, 2.24) is 0 Å². The number of carbonyl (C=O) groups excluding carboxylic acids is 1. The number of aryl methyl sites for hydroxylation is 1. The first-order valence-corrected chi connectivity index (χ1v) is 5.30. The highest BCUT2D eigenvalue weighted by molar-refractivity contribution is 5.97. The number of alkyl halides is 6. The molecule has 0 aromatic heterocycles. The van der Waals surface area contributed by atoms with Gasteiger partial charge in [0.25, 0.3) is 0 Å². The smallest absolute Gasteiger partial charge is 0.294 e.